The lowest BCUT2D eigenvalue weighted by Gasteiger charge is -2.30. The van der Waals surface area contributed by atoms with Crippen LogP contribution in [-0.2, 0) is 11.3 Å². The zero-order chi connectivity index (χ0) is 16.8. The van der Waals surface area contributed by atoms with Crippen molar-refractivity contribution in [2.45, 2.75) is 12.6 Å². The second kappa shape index (κ2) is 8.39. The number of ether oxygens (including phenoxy) is 1. The first kappa shape index (κ1) is 17.1. The van der Waals surface area contributed by atoms with E-state index < -0.39 is 0 Å². The lowest BCUT2D eigenvalue weighted by atomic mass is 10.1. The van der Waals surface area contributed by atoms with Gasteiger partial charge in [0, 0.05) is 38.3 Å². The van der Waals surface area contributed by atoms with Crippen molar-refractivity contribution in [2.75, 3.05) is 46.4 Å². The van der Waals surface area contributed by atoms with E-state index in [4.69, 9.17) is 4.74 Å². The maximum Gasteiger partial charge on any atom is 0.0793 e. The highest BCUT2D eigenvalue weighted by molar-refractivity contribution is 5.62. The average molecular weight is 330 g/mol. The number of hydrogen-bond donors (Lipinski definition) is 2. The molecule has 1 unspecified atom stereocenters. The quantitative estimate of drug-likeness (QED) is 0.799. The van der Waals surface area contributed by atoms with E-state index in [1.807, 2.05) is 31.4 Å². The molecule has 6 heteroatoms. The molecule has 2 N–H and O–H groups in total. The average Bonchev–Trinajstić information content (AvgIpc) is 3.04. The van der Waals surface area contributed by atoms with Gasteiger partial charge in [-0.2, -0.15) is 5.10 Å². The number of aromatic amines is 1. The van der Waals surface area contributed by atoms with Gasteiger partial charge < -0.3 is 9.84 Å². The Balaban J connectivity index is 1.53. The van der Waals surface area contributed by atoms with Crippen LogP contribution in [0.5, 0.6) is 0 Å². The van der Waals surface area contributed by atoms with E-state index in [-0.39, 0.29) is 6.10 Å². The predicted octanol–water partition coefficient (Wildman–Crippen LogP) is 1.20. The summed E-state index contributed by atoms with van der Waals surface area (Å²) in [4.78, 5) is 4.40. The number of hydrogen-bond acceptors (Lipinski definition) is 5. The summed E-state index contributed by atoms with van der Waals surface area (Å²) in [5.74, 6) is 0. The molecule has 1 aromatic carbocycles. The van der Waals surface area contributed by atoms with E-state index in [0.29, 0.717) is 13.1 Å². The molecule has 0 spiro atoms. The van der Waals surface area contributed by atoms with Crippen LogP contribution in [0.4, 0.5) is 0 Å². The monoisotopic (exact) mass is 330 g/mol. The predicted molar refractivity (Wildman–Crippen MR) is 93.6 cm³/mol. The maximum absolute atomic E-state index is 10.3. The van der Waals surface area contributed by atoms with Crippen LogP contribution in [0.2, 0.25) is 0 Å². The summed E-state index contributed by atoms with van der Waals surface area (Å²) in [7, 11) is 2.03. The summed E-state index contributed by atoms with van der Waals surface area (Å²) in [6.45, 7) is 5.42. The molecule has 0 saturated carbocycles. The normalized spacial score (nSPS) is 17.3. The molecule has 6 nitrogen and oxygen atoms in total. The number of morpholine rings is 1. The second-order valence-corrected chi connectivity index (χ2v) is 6.40. The smallest absolute Gasteiger partial charge is 0.0793 e. The van der Waals surface area contributed by atoms with Crippen molar-refractivity contribution in [1.29, 1.82) is 0 Å². The van der Waals surface area contributed by atoms with Gasteiger partial charge in [-0.25, -0.2) is 0 Å². The Labute approximate surface area is 143 Å². The zero-order valence-corrected chi connectivity index (χ0v) is 14.2. The van der Waals surface area contributed by atoms with Crippen LogP contribution >= 0.6 is 0 Å². The molecule has 1 fully saturated rings. The molecule has 0 bridgehead atoms. The van der Waals surface area contributed by atoms with Crippen LogP contribution in [-0.4, -0.2) is 77.6 Å². The topological polar surface area (TPSA) is 64.6 Å². The van der Waals surface area contributed by atoms with E-state index in [1.165, 1.54) is 0 Å². The van der Waals surface area contributed by atoms with Crippen LogP contribution < -0.4 is 0 Å². The number of aliphatic hydroxyl groups is 1. The molecule has 1 atom stereocenters. The van der Waals surface area contributed by atoms with Crippen molar-refractivity contribution >= 4 is 0 Å². The number of aliphatic hydroxyl groups excluding tert-OH is 1. The van der Waals surface area contributed by atoms with Crippen LogP contribution in [0.15, 0.2) is 36.5 Å². The van der Waals surface area contributed by atoms with Crippen LogP contribution in [0.25, 0.3) is 11.3 Å². The zero-order valence-electron chi connectivity index (χ0n) is 14.2. The molecule has 1 saturated heterocycles. The van der Waals surface area contributed by atoms with Gasteiger partial charge in [-0.1, -0.05) is 30.3 Å². The number of nitrogens with one attached hydrogen (secondary N) is 1. The fraction of sp³-hybridized carbons (Fsp3) is 0.500. The molecular weight excluding hydrogens is 304 g/mol. The molecule has 130 valence electrons. The highest BCUT2D eigenvalue weighted by Gasteiger charge is 2.17. The Bertz CT molecular complexity index is 610. The molecule has 0 aliphatic carbocycles. The minimum Gasteiger partial charge on any atom is -0.390 e. The summed E-state index contributed by atoms with van der Waals surface area (Å²) in [6.07, 6.45) is 1.51. The third-order valence-electron chi connectivity index (χ3n) is 4.32. The van der Waals surface area contributed by atoms with Gasteiger partial charge in [0.2, 0.25) is 0 Å². The minimum absolute atomic E-state index is 0.361. The van der Waals surface area contributed by atoms with E-state index in [1.54, 1.807) is 0 Å². The first-order chi connectivity index (χ1) is 11.7. The van der Waals surface area contributed by atoms with Gasteiger partial charge in [-0.3, -0.25) is 14.9 Å². The SMILES string of the molecule is CN(Cc1cn[nH]c1-c1ccccc1)CC(O)CN1CCOCC1. The molecule has 3 rings (SSSR count). The van der Waals surface area contributed by atoms with Crippen molar-refractivity contribution in [3.8, 4) is 11.3 Å². The first-order valence-electron chi connectivity index (χ1n) is 8.47. The Hall–Kier alpha value is -1.73. The second-order valence-electron chi connectivity index (χ2n) is 6.40. The van der Waals surface area contributed by atoms with Crippen molar-refractivity contribution < 1.29 is 9.84 Å². The van der Waals surface area contributed by atoms with Crippen LogP contribution in [0, 0.1) is 0 Å². The molecule has 1 aliphatic heterocycles. The Morgan fingerprint density at radius 1 is 1.29 bits per heavy atom. The van der Waals surface area contributed by atoms with Crippen molar-refractivity contribution in [3.05, 3.63) is 42.1 Å². The molecule has 2 heterocycles. The Kier molecular flexibility index (Phi) is 5.98. The van der Waals surface area contributed by atoms with Crippen molar-refractivity contribution in [2.24, 2.45) is 0 Å². The lowest BCUT2D eigenvalue weighted by molar-refractivity contribution is 0.00826. The highest BCUT2D eigenvalue weighted by atomic mass is 16.5. The number of likely N-dealkylation sites (N-methyl/N-ethyl adjacent to an activating group) is 1. The molecule has 0 radical (unpaired) electrons. The van der Waals surface area contributed by atoms with Crippen molar-refractivity contribution in [3.63, 3.8) is 0 Å². The number of H-pyrrole nitrogens is 1. The van der Waals surface area contributed by atoms with Crippen LogP contribution in [0.1, 0.15) is 5.56 Å². The summed E-state index contributed by atoms with van der Waals surface area (Å²) >= 11 is 0. The summed E-state index contributed by atoms with van der Waals surface area (Å²) in [5.41, 5.74) is 3.32. The number of aromatic nitrogens is 2. The fourth-order valence-corrected chi connectivity index (χ4v) is 3.14. The minimum atomic E-state index is -0.361. The highest BCUT2D eigenvalue weighted by Crippen LogP contribution is 2.21. The number of rotatable bonds is 7. The van der Waals surface area contributed by atoms with Gasteiger partial charge in [0.25, 0.3) is 0 Å². The summed E-state index contributed by atoms with van der Waals surface area (Å²) in [6, 6.07) is 10.2. The van der Waals surface area contributed by atoms with Gasteiger partial charge in [-0.15, -0.1) is 0 Å². The largest absolute Gasteiger partial charge is 0.390 e. The number of nitrogens with zero attached hydrogens (tertiary/aromatic N) is 3. The standard InChI is InChI=1S/C18H26N4O2/c1-21(13-17(23)14-22-7-9-24-10-8-22)12-16-11-19-20-18(16)15-5-3-2-4-6-15/h2-6,11,17,23H,7-10,12-14H2,1H3,(H,19,20). The lowest BCUT2D eigenvalue weighted by Crippen LogP contribution is -2.43. The van der Waals surface area contributed by atoms with Crippen LogP contribution in [0.3, 0.4) is 0 Å². The van der Waals surface area contributed by atoms with Gasteiger partial charge in [0.15, 0.2) is 0 Å². The van der Waals surface area contributed by atoms with E-state index >= 15 is 0 Å². The molecule has 24 heavy (non-hydrogen) atoms. The molecule has 2 aromatic rings. The third kappa shape index (κ3) is 4.64. The van der Waals surface area contributed by atoms with Gasteiger partial charge >= 0.3 is 0 Å². The fourth-order valence-electron chi connectivity index (χ4n) is 3.14. The third-order valence-corrected chi connectivity index (χ3v) is 4.32. The maximum atomic E-state index is 10.3. The molecule has 0 amide bonds. The molecular formula is C18H26N4O2. The van der Waals surface area contributed by atoms with E-state index in [0.717, 1.165) is 49.7 Å². The summed E-state index contributed by atoms with van der Waals surface area (Å²) in [5, 5.41) is 17.6. The number of benzene rings is 1. The van der Waals surface area contributed by atoms with Gasteiger partial charge in [-0.05, 0) is 12.6 Å². The van der Waals surface area contributed by atoms with E-state index in [2.05, 4.69) is 32.1 Å². The van der Waals surface area contributed by atoms with Gasteiger partial charge in [0.05, 0.1) is 31.2 Å². The Morgan fingerprint density at radius 2 is 2.04 bits per heavy atom. The Morgan fingerprint density at radius 3 is 2.79 bits per heavy atom. The summed E-state index contributed by atoms with van der Waals surface area (Å²) < 4.78 is 5.34. The van der Waals surface area contributed by atoms with Gasteiger partial charge in [0.1, 0.15) is 0 Å². The molecule has 1 aromatic heterocycles. The van der Waals surface area contributed by atoms with Crippen molar-refractivity contribution in [1.82, 2.24) is 20.0 Å². The first-order valence-corrected chi connectivity index (χ1v) is 8.47. The van der Waals surface area contributed by atoms with E-state index in [9.17, 15) is 5.11 Å². The number of β-amino-alcohol motifs (C(OH)–C–C–N with tert-alkyl or cyclic N) is 1. The molecule has 1 aliphatic rings.